The highest BCUT2D eigenvalue weighted by molar-refractivity contribution is 9.10. The largest absolute Gasteiger partial charge is 0.486 e. The molecule has 150 valence electrons. The standard InChI is InChI=1S/C23H17BrN2O4/c1-13-10-15(2-5-17(13)24)23-26-18-12-16(4-7-19(18)30-23)25-22(27)14-3-6-20-21(11-14)29-9-8-28-20/h2-7,10-12H,8-9H2,1H3,(H,25,27). The summed E-state index contributed by atoms with van der Waals surface area (Å²) < 4.78 is 18.0. The number of nitrogens with zero attached hydrogens (tertiary/aromatic N) is 1. The van der Waals surface area contributed by atoms with Gasteiger partial charge in [0.05, 0.1) is 0 Å². The lowest BCUT2D eigenvalue weighted by molar-refractivity contribution is 0.102. The predicted molar refractivity (Wildman–Crippen MR) is 117 cm³/mol. The number of hydrogen-bond acceptors (Lipinski definition) is 5. The van der Waals surface area contributed by atoms with Crippen molar-refractivity contribution in [1.29, 1.82) is 0 Å². The summed E-state index contributed by atoms with van der Waals surface area (Å²) in [4.78, 5) is 17.3. The van der Waals surface area contributed by atoms with Crippen molar-refractivity contribution in [3.05, 3.63) is 70.2 Å². The molecule has 0 saturated heterocycles. The van der Waals surface area contributed by atoms with Crippen molar-refractivity contribution < 1.29 is 18.7 Å². The molecule has 0 radical (unpaired) electrons. The second-order valence-electron chi connectivity index (χ2n) is 6.98. The number of halogens is 1. The van der Waals surface area contributed by atoms with Crippen molar-refractivity contribution in [2.45, 2.75) is 6.92 Å². The number of fused-ring (bicyclic) bond motifs is 2. The lowest BCUT2D eigenvalue weighted by Gasteiger charge is -2.18. The van der Waals surface area contributed by atoms with Gasteiger partial charge in [-0.3, -0.25) is 4.79 Å². The number of carbonyl (C=O) groups is 1. The molecular formula is C23H17BrN2O4. The lowest BCUT2D eigenvalue weighted by Crippen LogP contribution is -2.17. The lowest BCUT2D eigenvalue weighted by atomic mass is 10.1. The quantitative estimate of drug-likeness (QED) is 0.427. The highest BCUT2D eigenvalue weighted by Crippen LogP contribution is 2.32. The molecule has 1 amide bonds. The van der Waals surface area contributed by atoms with E-state index in [0.29, 0.717) is 53.0 Å². The molecule has 3 aromatic carbocycles. The van der Waals surface area contributed by atoms with E-state index in [1.807, 2.05) is 25.1 Å². The Labute approximate surface area is 181 Å². The Morgan fingerprint density at radius 1 is 1.00 bits per heavy atom. The number of nitrogens with one attached hydrogen (secondary N) is 1. The van der Waals surface area contributed by atoms with Crippen LogP contribution in [0.15, 0.2) is 63.5 Å². The Morgan fingerprint density at radius 3 is 2.67 bits per heavy atom. The van der Waals surface area contributed by atoms with Crippen molar-refractivity contribution in [2.24, 2.45) is 0 Å². The smallest absolute Gasteiger partial charge is 0.255 e. The topological polar surface area (TPSA) is 73.6 Å². The molecule has 0 saturated carbocycles. The van der Waals surface area contributed by atoms with Gasteiger partial charge in [-0.2, -0.15) is 0 Å². The number of amides is 1. The summed E-state index contributed by atoms with van der Waals surface area (Å²) in [6.07, 6.45) is 0. The van der Waals surface area contributed by atoms with Gasteiger partial charge in [-0.15, -0.1) is 0 Å². The van der Waals surface area contributed by atoms with Crippen LogP contribution in [0.3, 0.4) is 0 Å². The number of aryl methyl sites for hydroxylation is 1. The third-order valence-electron chi connectivity index (χ3n) is 4.85. The summed E-state index contributed by atoms with van der Waals surface area (Å²) in [5.41, 5.74) is 4.45. The Bertz CT molecular complexity index is 1280. The maximum absolute atomic E-state index is 12.7. The Hall–Kier alpha value is -3.32. The number of carbonyl (C=O) groups excluding carboxylic acids is 1. The average molecular weight is 465 g/mol. The van der Waals surface area contributed by atoms with E-state index in [2.05, 4.69) is 26.2 Å². The predicted octanol–water partition coefficient (Wildman–Crippen LogP) is 5.59. The monoisotopic (exact) mass is 464 g/mol. The molecule has 0 aliphatic carbocycles. The number of ether oxygens (including phenoxy) is 2. The summed E-state index contributed by atoms with van der Waals surface area (Å²) in [6.45, 7) is 3.00. The zero-order chi connectivity index (χ0) is 20.7. The minimum Gasteiger partial charge on any atom is -0.486 e. The van der Waals surface area contributed by atoms with Crippen molar-refractivity contribution in [1.82, 2.24) is 4.98 Å². The average Bonchev–Trinajstić information content (AvgIpc) is 3.18. The Kier molecular flexibility index (Phi) is 4.67. The number of oxazole rings is 1. The van der Waals surface area contributed by atoms with Gasteiger partial charge in [0.15, 0.2) is 17.1 Å². The van der Waals surface area contributed by atoms with Crippen LogP contribution in [0.2, 0.25) is 0 Å². The molecule has 0 unspecified atom stereocenters. The van der Waals surface area contributed by atoms with Gasteiger partial charge < -0.3 is 19.2 Å². The molecule has 1 N–H and O–H groups in total. The van der Waals surface area contributed by atoms with Gasteiger partial charge >= 0.3 is 0 Å². The third kappa shape index (κ3) is 3.52. The van der Waals surface area contributed by atoms with Crippen LogP contribution >= 0.6 is 15.9 Å². The number of aromatic nitrogens is 1. The fourth-order valence-electron chi connectivity index (χ4n) is 3.29. The number of anilines is 1. The number of benzene rings is 3. The minimum atomic E-state index is -0.237. The van der Waals surface area contributed by atoms with Crippen molar-refractivity contribution >= 4 is 38.6 Å². The van der Waals surface area contributed by atoms with Crippen molar-refractivity contribution in [3.8, 4) is 23.0 Å². The summed E-state index contributed by atoms with van der Waals surface area (Å²) in [7, 11) is 0. The van der Waals surface area contributed by atoms with E-state index in [-0.39, 0.29) is 5.91 Å². The van der Waals surface area contributed by atoms with Crippen molar-refractivity contribution in [2.75, 3.05) is 18.5 Å². The van der Waals surface area contributed by atoms with E-state index >= 15 is 0 Å². The van der Waals surface area contributed by atoms with E-state index in [9.17, 15) is 4.79 Å². The third-order valence-corrected chi connectivity index (χ3v) is 5.74. The first-order chi connectivity index (χ1) is 14.6. The first-order valence-corrected chi connectivity index (χ1v) is 10.2. The molecule has 5 rings (SSSR count). The molecule has 6 nitrogen and oxygen atoms in total. The fraction of sp³-hybridized carbons (Fsp3) is 0.130. The van der Waals surface area contributed by atoms with Crippen molar-refractivity contribution in [3.63, 3.8) is 0 Å². The molecule has 1 aliphatic rings. The molecule has 2 heterocycles. The highest BCUT2D eigenvalue weighted by atomic mass is 79.9. The molecule has 0 spiro atoms. The zero-order valence-electron chi connectivity index (χ0n) is 16.1. The summed E-state index contributed by atoms with van der Waals surface area (Å²) >= 11 is 3.50. The summed E-state index contributed by atoms with van der Waals surface area (Å²) in [6, 6.07) is 16.5. The van der Waals surface area contributed by atoms with E-state index < -0.39 is 0 Å². The van der Waals surface area contributed by atoms with Gasteiger partial charge in [-0.25, -0.2) is 4.98 Å². The van der Waals surface area contributed by atoms with Crippen LogP contribution in [0.4, 0.5) is 5.69 Å². The normalized spacial score (nSPS) is 12.7. The number of rotatable bonds is 3. The van der Waals surface area contributed by atoms with E-state index in [1.54, 1.807) is 36.4 Å². The molecular weight excluding hydrogens is 448 g/mol. The van der Waals surface area contributed by atoms with Crippen LogP contribution in [0.25, 0.3) is 22.6 Å². The first-order valence-electron chi connectivity index (χ1n) is 9.45. The molecule has 0 fully saturated rings. The van der Waals surface area contributed by atoms with Gasteiger partial charge in [-0.05, 0) is 67.1 Å². The van der Waals surface area contributed by atoms with Crippen LogP contribution in [0.1, 0.15) is 15.9 Å². The summed E-state index contributed by atoms with van der Waals surface area (Å²) in [5, 5.41) is 2.90. The van der Waals surface area contributed by atoms with Crippen LogP contribution in [0, 0.1) is 6.92 Å². The van der Waals surface area contributed by atoms with Gasteiger partial charge in [0.2, 0.25) is 5.89 Å². The fourth-order valence-corrected chi connectivity index (χ4v) is 3.54. The maximum Gasteiger partial charge on any atom is 0.255 e. The molecule has 7 heteroatoms. The van der Waals surface area contributed by atoms with E-state index in [4.69, 9.17) is 13.9 Å². The molecule has 30 heavy (non-hydrogen) atoms. The first kappa shape index (κ1) is 18.7. The molecule has 0 atom stereocenters. The van der Waals surface area contributed by atoms with Crippen LogP contribution in [-0.4, -0.2) is 24.1 Å². The van der Waals surface area contributed by atoms with E-state index in [0.717, 1.165) is 15.6 Å². The minimum absolute atomic E-state index is 0.237. The SMILES string of the molecule is Cc1cc(-c2nc3cc(NC(=O)c4ccc5c(c4)OCCO5)ccc3o2)ccc1Br. The van der Waals surface area contributed by atoms with E-state index in [1.165, 1.54) is 0 Å². The van der Waals surface area contributed by atoms with Crippen LogP contribution in [-0.2, 0) is 0 Å². The zero-order valence-corrected chi connectivity index (χ0v) is 17.7. The molecule has 1 aliphatic heterocycles. The Balaban J connectivity index is 1.40. The Morgan fingerprint density at radius 2 is 1.83 bits per heavy atom. The number of hydrogen-bond donors (Lipinski definition) is 1. The molecule has 1 aromatic heterocycles. The molecule has 4 aromatic rings. The van der Waals surface area contributed by atoms with Gasteiger partial charge in [0.25, 0.3) is 5.91 Å². The molecule has 0 bridgehead atoms. The summed E-state index contributed by atoms with van der Waals surface area (Å²) in [5.74, 6) is 1.53. The van der Waals surface area contributed by atoms with Crippen LogP contribution < -0.4 is 14.8 Å². The van der Waals surface area contributed by atoms with Gasteiger partial charge in [-0.1, -0.05) is 15.9 Å². The van der Waals surface area contributed by atoms with Gasteiger partial charge in [0, 0.05) is 21.3 Å². The second-order valence-corrected chi connectivity index (χ2v) is 7.83. The maximum atomic E-state index is 12.7. The van der Waals surface area contributed by atoms with Gasteiger partial charge in [0.1, 0.15) is 18.7 Å². The highest BCUT2D eigenvalue weighted by Gasteiger charge is 2.16. The van der Waals surface area contributed by atoms with Crippen LogP contribution in [0.5, 0.6) is 11.5 Å². The second kappa shape index (κ2) is 7.50.